The quantitative estimate of drug-likeness (QED) is 0.660. The van der Waals surface area contributed by atoms with Crippen LogP contribution in [0.4, 0.5) is 5.69 Å². The van der Waals surface area contributed by atoms with Crippen LogP contribution in [0.5, 0.6) is 0 Å². The van der Waals surface area contributed by atoms with Crippen molar-refractivity contribution >= 4 is 5.69 Å². The van der Waals surface area contributed by atoms with Crippen molar-refractivity contribution in [1.82, 2.24) is 4.48 Å². The van der Waals surface area contributed by atoms with E-state index in [0.29, 0.717) is 0 Å². The molecule has 2 heterocycles. The van der Waals surface area contributed by atoms with Crippen LogP contribution in [0.1, 0.15) is 56.1 Å². The van der Waals surface area contributed by atoms with Crippen LogP contribution in [-0.4, -0.2) is 19.1 Å². The van der Waals surface area contributed by atoms with Crippen molar-refractivity contribution in [2.75, 3.05) is 13.1 Å². The lowest BCUT2D eigenvalue weighted by Gasteiger charge is -2.51. The van der Waals surface area contributed by atoms with Gasteiger partial charge in [-0.15, -0.1) is 0 Å². The van der Waals surface area contributed by atoms with Crippen LogP contribution in [0, 0.1) is 0 Å². The molecule has 0 radical (unpaired) electrons. The van der Waals surface area contributed by atoms with Crippen LogP contribution in [0.3, 0.4) is 0 Å². The molecule has 1 fully saturated rings. The monoisotopic (exact) mass is 256 g/mol. The highest BCUT2D eigenvalue weighted by molar-refractivity contribution is 5.60. The van der Waals surface area contributed by atoms with Gasteiger partial charge in [0.05, 0.1) is 19.1 Å². The van der Waals surface area contributed by atoms with Gasteiger partial charge in [0.15, 0.2) is 0 Å². The Bertz CT molecular complexity index is 442. The predicted octanol–water partition coefficient (Wildman–Crippen LogP) is 4.22. The molecule has 1 aliphatic carbocycles. The lowest BCUT2D eigenvalue weighted by molar-refractivity contribution is 0.139. The molecule has 0 atom stereocenters. The molecule has 0 aromatic heterocycles. The summed E-state index contributed by atoms with van der Waals surface area (Å²) >= 11 is 0. The van der Waals surface area contributed by atoms with Gasteiger partial charge in [-0.2, -0.15) is 0 Å². The van der Waals surface area contributed by atoms with Crippen LogP contribution in [-0.2, 0) is 12.8 Å². The van der Waals surface area contributed by atoms with E-state index in [-0.39, 0.29) is 0 Å². The van der Waals surface area contributed by atoms with E-state index in [0.717, 1.165) is 6.04 Å². The van der Waals surface area contributed by atoms with Gasteiger partial charge in [-0.25, -0.2) is 0 Å². The molecule has 1 heteroatoms. The highest BCUT2D eigenvalue weighted by Crippen LogP contribution is 2.45. The Morgan fingerprint density at radius 1 is 0.789 bits per heavy atom. The Morgan fingerprint density at radius 2 is 1.42 bits per heavy atom. The minimum absolute atomic E-state index is 0.939. The fraction of sp³-hybridized carbons (Fsp3) is 0.667. The average Bonchev–Trinajstić information content (AvgIpc) is 2.49. The molecule has 0 spiro atoms. The molecular weight excluding hydrogens is 230 g/mol. The van der Waals surface area contributed by atoms with E-state index in [9.17, 15) is 0 Å². The third kappa shape index (κ3) is 1.78. The molecule has 1 saturated carbocycles. The fourth-order valence-electron chi connectivity index (χ4n) is 5.18. The summed E-state index contributed by atoms with van der Waals surface area (Å²) in [4.78, 5) is 0. The molecule has 1 nitrogen and oxygen atoms in total. The summed E-state index contributed by atoms with van der Waals surface area (Å²) in [5.74, 6) is 0. The lowest BCUT2D eigenvalue weighted by Crippen LogP contribution is -2.62. The van der Waals surface area contributed by atoms with Crippen molar-refractivity contribution in [1.29, 1.82) is 0 Å². The molecule has 2 aliphatic heterocycles. The van der Waals surface area contributed by atoms with Crippen molar-refractivity contribution in [3.05, 3.63) is 29.3 Å². The second-order valence-electron chi connectivity index (χ2n) is 6.91. The van der Waals surface area contributed by atoms with Crippen molar-refractivity contribution < 1.29 is 0 Å². The first-order valence-electron chi connectivity index (χ1n) is 8.38. The molecule has 0 bridgehead atoms. The van der Waals surface area contributed by atoms with Crippen LogP contribution in [0.25, 0.3) is 0 Å². The number of rotatable bonds is 1. The third-order valence-electron chi connectivity index (χ3n) is 5.93. The van der Waals surface area contributed by atoms with Crippen molar-refractivity contribution in [2.45, 2.75) is 63.8 Å². The molecule has 0 saturated heterocycles. The summed E-state index contributed by atoms with van der Waals surface area (Å²) in [5, 5.41) is 0. The number of quaternary nitrogens is 1. The Labute approximate surface area is 117 Å². The summed E-state index contributed by atoms with van der Waals surface area (Å²) in [6.07, 6.45) is 12.9. The summed E-state index contributed by atoms with van der Waals surface area (Å²) in [6.45, 7) is 2.85. The summed E-state index contributed by atoms with van der Waals surface area (Å²) in [6, 6.07) is 8.08. The van der Waals surface area contributed by atoms with Crippen LogP contribution >= 0.6 is 0 Å². The number of benzene rings is 1. The molecular formula is C18H26N+. The molecule has 1 aromatic rings. The van der Waals surface area contributed by atoms with E-state index in [1.807, 2.05) is 0 Å². The molecule has 4 rings (SSSR count). The first-order valence-corrected chi connectivity index (χ1v) is 8.38. The van der Waals surface area contributed by atoms with Crippen LogP contribution in [0.2, 0.25) is 0 Å². The zero-order valence-corrected chi connectivity index (χ0v) is 12.0. The SMILES string of the molecule is c1cc2c3c(c1)CCC[N+]3(C1CCCCC1)CCC2. The second kappa shape index (κ2) is 4.63. The van der Waals surface area contributed by atoms with Crippen molar-refractivity contribution in [3.8, 4) is 0 Å². The zero-order chi connectivity index (χ0) is 12.7. The highest BCUT2D eigenvalue weighted by Gasteiger charge is 2.45. The Kier molecular flexibility index (Phi) is 2.91. The zero-order valence-electron chi connectivity index (χ0n) is 12.0. The van der Waals surface area contributed by atoms with Gasteiger partial charge >= 0.3 is 0 Å². The molecule has 0 N–H and O–H groups in total. The maximum Gasteiger partial charge on any atom is 0.139 e. The van der Waals surface area contributed by atoms with E-state index in [1.165, 1.54) is 75.4 Å². The highest BCUT2D eigenvalue weighted by atomic mass is 15.4. The van der Waals surface area contributed by atoms with Gasteiger partial charge in [0.1, 0.15) is 5.69 Å². The van der Waals surface area contributed by atoms with Gasteiger partial charge in [-0.05, 0) is 38.5 Å². The number of nitrogens with zero attached hydrogens (tertiary/aromatic N) is 1. The maximum absolute atomic E-state index is 2.42. The first-order chi connectivity index (χ1) is 9.40. The molecule has 0 amide bonds. The third-order valence-corrected chi connectivity index (χ3v) is 5.93. The van der Waals surface area contributed by atoms with Crippen molar-refractivity contribution in [3.63, 3.8) is 0 Å². The van der Waals surface area contributed by atoms with E-state index in [1.54, 1.807) is 16.8 Å². The molecule has 1 aromatic carbocycles. The van der Waals surface area contributed by atoms with Crippen LogP contribution in [0.15, 0.2) is 18.2 Å². The molecule has 0 unspecified atom stereocenters. The van der Waals surface area contributed by atoms with E-state index < -0.39 is 0 Å². The largest absolute Gasteiger partial charge is 0.288 e. The van der Waals surface area contributed by atoms with E-state index >= 15 is 0 Å². The number of hydrogen-bond acceptors (Lipinski definition) is 0. The van der Waals surface area contributed by atoms with Crippen LogP contribution < -0.4 is 4.48 Å². The smallest absolute Gasteiger partial charge is 0.139 e. The maximum atomic E-state index is 2.42. The second-order valence-corrected chi connectivity index (χ2v) is 6.91. The van der Waals surface area contributed by atoms with Gasteiger partial charge in [0.2, 0.25) is 0 Å². The molecule has 19 heavy (non-hydrogen) atoms. The van der Waals surface area contributed by atoms with Gasteiger partial charge in [-0.3, -0.25) is 4.48 Å². The Hall–Kier alpha value is -0.820. The Morgan fingerprint density at radius 3 is 2.05 bits per heavy atom. The molecule has 3 aliphatic rings. The summed E-state index contributed by atoms with van der Waals surface area (Å²) in [7, 11) is 0. The number of hydrogen-bond donors (Lipinski definition) is 0. The summed E-state index contributed by atoms with van der Waals surface area (Å²) in [5.41, 5.74) is 5.16. The predicted molar refractivity (Wildman–Crippen MR) is 81.5 cm³/mol. The van der Waals surface area contributed by atoms with E-state index in [4.69, 9.17) is 0 Å². The van der Waals surface area contributed by atoms with Gasteiger partial charge in [0, 0.05) is 24.0 Å². The normalized spacial score (nSPS) is 25.9. The topological polar surface area (TPSA) is 0 Å². The minimum Gasteiger partial charge on any atom is -0.288 e. The lowest BCUT2D eigenvalue weighted by atomic mass is 9.83. The van der Waals surface area contributed by atoms with Crippen molar-refractivity contribution in [2.24, 2.45) is 0 Å². The van der Waals surface area contributed by atoms with E-state index in [2.05, 4.69) is 18.2 Å². The van der Waals surface area contributed by atoms with Gasteiger partial charge in [0.25, 0.3) is 0 Å². The fourth-order valence-corrected chi connectivity index (χ4v) is 5.18. The Balaban J connectivity index is 1.83. The minimum atomic E-state index is 0.939. The van der Waals surface area contributed by atoms with Gasteiger partial charge in [-0.1, -0.05) is 24.6 Å². The standard InChI is InChI=1S/C18H26N/c1-2-11-17(12-3-1)19-13-5-9-15-7-4-8-16(18(15)19)10-6-14-19/h4,7-8,17H,1-3,5-6,9-14H2/q+1. The molecule has 102 valence electrons. The van der Waals surface area contributed by atoms with Gasteiger partial charge < -0.3 is 0 Å². The average molecular weight is 256 g/mol. The summed E-state index contributed by atoms with van der Waals surface area (Å²) < 4.78 is 1.38. The first kappa shape index (κ1) is 12.0. The number of para-hydroxylation sites is 1. The number of aryl methyl sites for hydroxylation is 2.